The molecule has 1 amide bonds. The van der Waals surface area contributed by atoms with Gasteiger partial charge in [-0.25, -0.2) is 0 Å². The van der Waals surface area contributed by atoms with Gasteiger partial charge in [-0.2, -0.15) is 0 Å². The topological polar surface area (TPSA) is 46.3 Å². The fraction of sp³-hybridized carbons (Fsp3) is 0.938. The van der Waals surface area contributed by atoms with Gasteiger partial charge in [-0.1, -0.05) is 46.0 Å². The van der Waals surface area contributed by atoms with E-state index in [9.17, 15) is 4.79 Å². The van der Waals surface area contributed by atoms with Gasteiger partial charge in [0.15, 0.2) is 0 Å². The minimum absolute atomic E-state index is 0.100. The molecule has 112 valence electrons. The second-order valence-electron chi connectivity index (χ2n) is 5.94. The van der Waals surface area contributed by atoms with E-state index in [4.69, 9.17) is 5.73 Å². The average Bonchev–Trinajstić information content (AvgIpc) is 2.83. The zero-order valence-corrected chi connectivity index (χ0v) is 12.9. The summed E-state index contributed by atoms with van der Waals surface area (Å²) in [7, 11) is 0. The lowest BCUT2D eigenvalue weighted by Gasteiger charge is -2.27. The number of nitrogens with zero attached hydrogens (tertiary/aromatic N) is 1. The van der Waals surface area contributed by atoms with Gasteiger partial charge in [-0.3, -0.25) is 4.79 Å². The van der Waals surface area contributed by atoms with Gasteiger partial charge in [-0.15, -0.1) is 0 Å². The van der Waals surface area contributed by atoms with Crippen molar-refractivity contribution in [2.75, 3.05) is 13.1 Å². The van der Waals surface area contributed by atoms with E-state index in [-0.39, 0.29) is 12.0 Å². The van der Waals surface area contributed by atoms with Crippen molar-refractivity contribution in [1.82, 2.24) is 4.90 Å². The van der Waals surface area contributed by atoms with Crippen LogP contribution in [-0.4, -0.2) is 29.9 Å². The van der Waals surface area contributed by atoms with Crippen LogP contribution in [0.4, 0.5) is 0 Å². The normalized spacial score (nSPS) is 22.7. The van der Waals surface area contributed by atoms with Crippen molar-refractivity contribution in [3.63, 3.8) is 0 Å². The number of amides is 1. The van der Waals surface area contributed by atoms with Crippen LogP contribution in [0.15, 0.2) is 0 Å². The standard InChI is InChI=1S/C16H32N2O/c1-3-5-7-12-18(13-8-6-4-2)16(19)14-10-9-11-15(14)17/h14-15H,3-13,17H2,1-2H3. The van der Waals surface area contributed by atoms with Crippen molar-refractivity contribution in [2.24, 2.45) is 11.7 Å². The van der Waals surface area contributed by atoms with E-state index >= 15 is 0 Å². The lowest BCUT2D eigenvalue weighted by molar-refractivity contribution is -0.135. The van der Waals surface area contributed by atoms with Gasteiger partial charge in [0.2, 0.25) is 5.91 Å². The minimum atomic E-state index is 0.100. The summed E-state index contributed by atoms with van der Waals surface area (Å²) in [6.07, 6.45) is 10.3. The molecule has 0 spiro atoms. The van der Waals surface area contributed by atoms with Crippen molar-refractivity contribution in [1.29, 1.82) is 0 Å². The van der Waals surface area contributed by atoms with E-state index in [1.54, 1.807) is 0 Å². The second-order valence-corrected chi connectivity index (χ2v) is 5.94. The fourth-order valence-corrected chi connectivity index (χ4v) is 2.97. The van der Waals surface area contributed by atoms with E-state index in [1.165, 1.54) is 25.7 Å². The summed E-state index contributed by atoms with van der Waals surface area (Å²) in [5.41, 5.74) is 6.08. The SMILES string of the molecule is CCCCCN(CCCCC)C(=O)C1CCCC1N. The van der Waals surface area contributed by atoms with E-state index in [2.05, 4.69) is 18.7 Å². The smallest absolute Gasteiger partial charge is 0.227 e. The zero-order chi connectivity index (χ0) is 14.1. The first-order valence-corrected chi connectivity index (χ1v) is 8.25. The summed E-state index contributed by atoms with van der Waals surface area (Å²) in [5, 5.41) is 0. The Morgan fingerprint density at radius 2 is 1.63 bits per heavy atom. The summed E-state index contributed by atoms with van der Waals surface area (Å²) < 4.78 is 0. The highest BCUT2D eigenvalue weighted by molar-refractivity contribution is 5.79. The van der Waals surface area contributed by atoms with Crippen LogP contribution in [0.1, 0.15) is 71.6 Å². The van der Waals surface area contributed by atoms with Crippen molar-refractivity contribution < 1.29 is 4.79 Å². The largest absolute Gasteiger partial charge is 0.342 e. The Kier molecular flexibility index (Phi) is 8.11. The van der Waals surface area contributed by atoms with Crippen LogP contribution in [-0.2, 0) is 4.79 Å². The molecule has 1 aliphatic rings. The van der Waals surface area contributed by atoms with Gasteiger partial charge >= 0.3 is 0 Å². The molecule has 3 nitrogen and oxygen atoms in total. The van der Waals surface area contributed by atoms with Crippen molar-refractivity contribution in [2.45, 2.75) is 77.7 Å². The number of nitrogens with two attached hydrogens (primary N) is 1. The van der Waals surface area contributed by atoms with Crippen LogP contribution in [0, 0.1) is 5.92 Å². The number of carbonyl (C=O) groups is 1. The molecule has 0 aromatic heterocycles. The van der Waals surface area contributed by atoms with Gasteiger partial charge in [0.05, 0.1) is 5.92 Å². The van der Waals surface area contributed by atoms with E-state index < -0.39 is 0 Å². The Bertz CT molecular complexity index is 245. The number of hydrogen-bond acceptors (Lipinski definition) is 2. The predicted octanol–water partition coefficient (Wildman–Crippen LogP) is 3.32. The highest BCUT2D eigenvalue weighted by atomic mass is 16.2. The second kappa shape index (κ2) is 9.35. The molecule has 0 aliphatic heterocycles. The Morgan fingerprint density at radius 1 is 1.05 bits per heavy atom. The van der Waals surface area contributed by atoms with Crippen molar-refractivity contribution in [3.8, 4) is 0 Å². The maximum atomic E-state index is 12.6. The molecule has 0 bridgehead atoms. The lowest BCUT2D eigenvalue weighted by Crippen LogP contribution is -2.42. The molecular weight excluding hydrogens is 236 g/mol. The Morgan fingerprint density at radius 3 is 2.05 bits per heavy atom. The molecule has 0 radical (unpaired) electrons. The lowest BCUT2D eigenvalue weighted by atomic mass is 10.0. The van der Waals surface area contributed by atoms with Crippen molar-refractivity contribution >= 4 is 5.91 Å². The number of carbonyl (C=O) groups excluding carboxylic acids is 1. The Balaban J connectivity index is 2.47. The fourth-order valence-electron chi connectivity index (χ4n) is 2.97. The summed E-state index contributed by atoms with van der Waals surface area (Å²) in [6.45, 7) is 6.27. The summed E-state index contributed by atoms with van der Waals surface area (Å²) in [6, 6.07) is 0.104. The molecule has 0 saturated heterocycles. The molecule has 0 heterocycles. The number of unbranched alkanes of at least 4 members (excludes halogenated alkanes) is 4. The van der Waals surface area contributed by atoms with Crippen molar-refractivity contribution in [3.05, 3.63) is 0 Å². The molecule has 1 rings (SSSR count). The summed E-state index contributed by atoms with van der Waals surface area (Å²) >= 11 is 0. The van der Waals surface area contributed by atoms with Gasteiger partial charge in [0.25, 0.3) is 0 Å². The van der Waals surface area contributed by atoms with Crippen LogP contribution in [0.5, 0.6) is 0 Å². The quantitative estimate of drug-likeness (QED) is 0.652. The maximum Gasteiger partial charge on any atom is 0.227 e. The molecule has 2 atom stereocenters. The van der Waals surface area contributed by atoms with Gasteiger partial charge in [0.1, 0.15) is 0 Å². The van der Waals surface area contributed by atoms with E-state index in [1.807, 2.05) is 0 Å². The first-order valence-electron chi connectivity index (χ1n) is 8.25. The summed E-state index contributed by atoms with van der Waals surface area (Å²) in [4.78, 5) is 14.7. The summed E-state index contributed by atoms with van der Waals surface area (Å²) in [5.74, 6) is 0.431. The molecule has 2 unspecified atom stereocenters. The van der Waals surface area contributed by atoms with Crippen LogP contribution in [0.25, 0.3) is 0 Å². The molecule has 0 aromatic rings. The third-order valence-corrected chi connectivity index (χ3v) is 4.26. The highest BCUT2D eigenvalue weighted by Crippen LogP contribution is 2.26. The van der Waals surface area contributed by atoms with E-state index in [0.29, 0.717) is 5.91 Å². The first kappa shape index (κ1) is 16.5. The zero-order valence-electron chi connectivity index (χ0n) is 12.9. The first-order chi connectivity index (χ1) is 9.20. The Labute approximate surface area is 118 Å². The average molecular weight is 268 g/mol. The molecule has 19 heavy (non-hydrogen) atoms. The van der Waals surface area contributed by atoms with E-state index in [0.717, 1.165) is 45.2 Å². The monoisotopic (exact) mass is 268 g/mol. The predicted molar refractivity (Wildman–Crippen MR) is 80.9 cm³/mol. The molecule has 1 aliphatic carbocycles. The van der Waals surface area contributed by atoms with Crippen LogP contribution >= 0.6 is 0 Å². The Hall–Kier alpha value is -0.570. The van der Waals surface area contributed by atoms with Crippen LogP contribution < -0.4 is 5.73 Å². The highest BCUT2D eigenvalue weighted by Gasteiger charge is 2.32. The number of hydrogen-bond donors (Lipinski definition) is 1. The molecule has 1 fully saturated rings. The van der Waals surface area contributed by atoms with Gasteiger partial charge in [-0.05, 0) is 25.7 Å². The van der Waals surface area contributed by atoms with Crippen LogP contribution in [0.2, 0.25) is 0 Å². The molecular formula is C16H32N2O. The molecule has 2 N–H and O–H groups in total. The van der Waals surface area contributed by atoms with Crippen LogP contribution in [0.3, 0.4) is 0 Å². The third-order valence-electron chi connectivity index (χ3n) is 4.26. The molecule has 0 aromatic carbocycles. The number of rotatable bonds is 9. The maximum absolute atomic E-state index is 12.6. The minimum Gasteiger partial charge on any atom is -0.342 e. The van der Waals surface area contributed by atoms with Gasteiger partial charge < -0.3 is 10.6 Å². The molecule has 1 saturated carbocycles. The third kappa shape index (κ3) is 5.52. The van der Waals surface area contributed by atoms with Gasteiger partial charge in [0, 0.05) is 19.1 Å². The molecule has 3 heteroatoms.